The first-order valence-electron chi connectivity index (χ1n) is 6.70. The Morgan fingerprint density at radius 2 is 1.65 bits per heavy atom. The topological polar surface area (TPSA) is 76.7 Å². The minimum atomic E-state index is -0.458. The predicted molar refractivity (Wildman–Crippen MR) is 93.3 cm³/mol. The Labute approximate surface area is 147 Å². The number of hydrazine groups is 1. The molecule has 0 aromatic heterocycles. The highest BCUT2D eigenvalue weighted by molar-refractivity contribution is 14.1. The molecule has 0 heterocycles. The van der Waals surface area contributed by atoms with Crippen LogP contribution < -0.4 is 20.3 Å². The van der Waals surface area contributed by atoms with Gasteiger partial charge < -0.3 is 9.47 Å². The third-order valence-corrected chi connectivity index (χ3v) is 3.80. The van der Waals surface area contributed by atoms with Crippen LogP contribution in [0.3, 0.4) is 0 Å². The average Bonchev–Trinajstić information content (AvgIpc) is 2.58. The Morgan fingerprint density at radius 3 is 2.30 bits per heavy atom. The van der Waals surface area contributed by atoms with Crippen molar-refractivity contribution in [2.24, 2.45) is 0 Å². The summed E-state index contributed by atoms with van der Waals surface area (Å²) in [6, 6.07) is 13.9. The third-order valence-electron chi connectivity index (χ3n) is 2.86. The number of rotatable bonds is 5. The van der Waals surface area contributed by atoms with Crippen LogP contribution in [0.1, 0.15) is 10.4 Å². The lowest BCUT2D eigenvalue weighted by Crippen LogP contribution is -2.44. The quantitative estimate of drug-likeness (QED) is 0.568. The van der Waals surface area contributed by atoms with Gasteiger partial charge in [-0.1, -0.05) is 12.1 Å². The van der Waals surface area contributed by atoms with E-state index < -0.39 is 5.91 Å². The molecule has 0 fully saturated rings. The number of halogens is 1. The number of ether oxygens (including phenoxy) is 2. The van der Waals surface area contributed by atoms with Crippen molar-refractivity contribution in [3.05, 3.63) is 57.7 Å². The lowest BCUT2D eigenvalue weighted by Gasteiger charge is -2.10. The number of carbonyl (C=O) groups excluding carboxylic acids is 2. The van der Waals surface area contributed by atoms with Crippen molar-refractivity contribution < 1.29 is 19.1 Å². The number of methoxy groups -OCH3 is 1. The summed E-state index contributed by atoms with van der Waals surface area (Å²) in [4.78, 5) is 23.6. The summed E-state index contributed by atoms with van der Waals surface area (Å²) >= 11 is 2.05. The fraction of sp³-hybridized carbons (Fsp3) is 0.125. The summed E-state index contributed by atoms with van der Waals surface area (Å²) in [5.41, 5.74) is 5.15. The highest BCUT2D eigenvalue weighted by Crippen LogP contribution is 2.16. The highest BCUT2D eigenvalue weighted by atomic mass is 127. The van der Waals surface area contributed by atoms with Gasteiger partial charge in [-0.25, -0.2) is 0 Å². The first-order chi connectivity index (χ1) is 11.1. The molecule has 0 unspecified atom stereocenters. The summed E-state index contributed by atoms with van der Waals surface area (Å²) in [6.07, 6.45) is 0. The van der Waals surface area contributed by atoms with Gasteiger partial charge in [0.05, 0.1) is 12.7 Å². The Bertz CT molecular complexity index is 689. The maximum Gasteiger partial charge on any atom is 0.276 e. The summed E-state index contributed by atoms with van der Waals surface area (Å²) in [5.74, 6) is 0.393. The first-order valence-corrected chi connectivity index (χ1v) is 7.78. The number of hydrogen-bond donors (Lipinski definition) is 2. The third kappa shape index (κ3) is 5.13. The monoisotopic (exact) mass is 426 g/mol. The molecule has 0 radical (unpaired) electrons. The number of carbonyl (C=O) groups is 2. The molecule has 7 heteroatoms. The number of hydrogen-bond acceptors (Lipinski definition) is 4. The van der Waals surface area contributed by atoms with Crippen LogP contribution in [0, 0.1) is 3.57 Å². The Hall–Kier alpha value is -2.29. The molecule has 2 amide bonds. The largest absolute Gasteiger partial charge is 0.497 e. The summed E-state index contributed by atoms with van der Waals surface area (Å²) in [5, 5.41) is 0. The second kappa shape index (κ2) is 8.37. The molecular formula is C16H15IN2O4. The number of amides is 2. The lowest BCUT2D eigenvalue weighted by atomic mass is 10.2. The van der Waals surface area contributed by atoms with E-state index in [0.717, 1.165) is 3.57 Å². The summed E-state index contributed by atoms with van der Waals surface area (Å²) in [7, 11) is 1.57. The molecular weight excluding hydrogens is 411 g/mol. The van der Waals surface area contributed by atoms with Crippen LogP contribution in [0.25, 0.3) is 0 Å². The van der Waals surface area contributed by atoms with Crippen LogP contribution in [-0.4, -0.2) is 25.5 Å². The van der Waals surface area contributed by atoms with E-state index in [0.29, 0.717) is 17.1 Å². The SMILES string of the molecule is COc1ccc(OCC(=O)NNC(=O)c2ccccc2I)cc1. The minimum absolute atomic E-state index is 0.210. The molecule has 0 saturated heterocycles. The van der Waals surface area contributed by atoms with Gasteiger partial charge in [0.1, 0.15) is 11.5 Å². The zero-order chi connectivity index (χ0) is 16.7. The normalized spacial score (nSPS) is 9.83. The standard InChI is InChI=1S/C16H15IN2O4/c1-22-11-6-8-12(9-7-11)23-10-15(20)18-19-16(21)13-4-2-3-5-14(13)17/h2-9H,10H2,1H3,(H,18,20)(H,19,21). The molecule has 0 atom stereocenters. The maximum atomic E-state index is 11.9. The molecule has 23 heavy (non-hydrogen) atoms. The molecule has 0 bridgehead atoms. The van der Waals surface area contributed by atoms with Crippen LogP contribution in [-0.2, 0) is 4.79 Å². The van der Waals surface area contributed by atoms with Gasteiger partial charge >= 0.3 is 0 Å². The van der Waals surface area contributed by atoms with Crippen molar-refractivity contribution >= 4 is 34.4 Å². The summed E-state index contributed by atoms with van der Waals surface area (Å²) in [6.45, 7) is -0.210. The van der Waals surface area contributed by atoms with E-state index in [2.05, 4.69) is 33.4 Å². The van der Waals surface area contributed by atoms with E-state index in [1.807, 2.05) is 12.1 Å². The van der Waals surface area contributed by atoms with E-state index in [4.69, 9.17) is 9.47 Å². The molecule has 0 spiro atoms. The molecule has 2 rings (SSSR count). The van der Waals surface area contributed by atoms with Crippen LogP contribution in [0.4, 0.5) is 0 Å². The molecule has 120 valence electrons. The smallest absolute Gasteiger partial charge is 0.276 e. The van der Waals surface area contributed by atoms with E-state index in [1.165, 1.54) is 0 Å². The van der Waals surface area contributed by atoms with Crippen molar-refractivity contribution in [1.82, 2.24) is 10.9 Å². The Kier molecular flexibility index (Phi) is 6.21. The van der Waals surface area contributed by atoms with E-state index >= 15 is 0 Å². The van der Waals surface area contributed by atoms with Crippen molar-refractivity contribution in [2.75, 3.05) is 13.7 Å². The van der Waals surface area contributed by atoms with E-state index in [-0.39, 0.29) is 12.5 Å². The Morgan fingerprint density at radius 1 is 1.00 bits per heavy atom. The predicted octanol–water partition coefficient (Wildman–Crippen LogP) is 2.14. The molecule has 2 N–H and O–H groups in total. The maximum absolute atomic E-state index is 11.9. The van der Waals surface area contributed by atoms with Gasteiger partial charge in [-0.15, -0.1) is 0 Å². The van der Waals surface area contributed by atoms with Gasteiger partial charge in [-0.3, -0.25) is 20.4 Å². The van der Waals surface area contributed by atoms with Gasteiger partial charge in [-0.05, 0) is 59.0 Å². The van der Waals surface area contributed by atoms with Crippen LogP contribution in [0.15, 0.2) is 48.5 Å². The second-order valence-corrected chi connectivity index (χ2v) is 5.61. The first kappa shape index (κ1) is 17.1. The number of nitrogens with one attached hydrogen (secondary N) is 2. The molecule has 0 saturated carbocycles. The van der Waals surface area contributed by atoms with Crippen molar-refractivity contribution in [1.29, 1.82) is 0 Å². The fourth-order valence-corrected chi connectivity index (χ4v) is 2.33. The molecule has 6 nitrogen and oxygen atoms in total. The van der Waals surface area contributed by atoms with Gasteiger partial charge in [0.2, 0.25) is 0 Å². The zero-order valence-electron chi connectivity index (χ0n) is 12.3. The molecule has 0 aliphatic heterocycles. The average molecular weight is 426 g/mol. The van der Waals surface area contributed by atoms with Crippen molar-refractivity contribution in [3.63, 3.8) is 0 Å². The second-order valence-electron chi connectivity index (χ2n) is 4.45. The molecule has 2 aromatic carbocycles. The van der Waals surface area contributed by atoms with Gasteiger partial charge in [0.15, 0.2) is 6.61 Å². The van der Waals surface area contributed by atoms with Crippen molar-refractivity contribution in [3.8, 4) is 11.5 Å². The highest BCUT2D eigenvalue weighted by Gasteiger charge is 2.10. The molecule has 0 aliphatic rings. The van der Waals surface area contributed by atoms with Crippen LogP contribution >= 0.6 is 22.6 Å². The van der Waals surface area contributed by atoms with Gasteiger partial charge in [-0.2, -0.15) is 0 Å². The fourth-order valence-electron chi connectivity index (χ4n) is 1.70. The van der Waals surface area contributed by atoms with E-state index in [9.17, 15) is 9.59 Å². The lowest BCUT2D eigenvalue weighted by molar-refractivity contribution is -0.123. The minimum Gasteiger partial charge on any atom is -0.497 e. The zero-order valence-corrected chi connectivity index (χ0v) is 14.5. The summed E-state index contributed by atoms with van der Waals surface area (Å²) < 4.78 is 11.1. The number of benzene rings is 2. The van der Waals surface area contributed by atoms with Crippen LogP contribution in [0.2, 0.25) is 0 Å². The van der Waals surface area contributed by atoms with Crippen LogP contribution in [0.5, 0.6) is 11.5 Å². The Balaban J connectivity index is 1.78. The van der Waals surface area contributed by atoms with Crippen molar-refractivity contribution in [2.45, 2.75) is 0 Å². The van der Waals surface area contributed by atoms with E-state index in [1.54, 1.807) is 43.5 Å². The molecule has 0 aliphatic carbocycles. The van der Waals surface area contributed by atoms with Gasteiger partial charge in [0.25, 0.3) is 11.8 Å². The molecule has 2 aromatic rings. The van der Waals surface area contributed by atoms with Gasteiger partial charge in [0, 0.05) is 3.57 Å².